The van der Waals surface area contributed by atoms with E-state index < -0.39 is 11.9 Å². The first-order valence-electron chi connectivity index (χ1n) is 8.28. The Morgan fingerprint density at radius 1 is 1.33 bits per heavy atom. The van der Waals surface area contributed by atoms with E-state index in [4.69, 9.17) is 4.52 Å². The Kier molecular flexibility index (Phi) is 3.33. The van der Waals surface area contributed by atoms with Crippen LogP contribution in [0, 0.1) is 12.8 Å². The van der Waals surface area contributed by atoms with Crippen LogP contribution in [0.15, 0.2) is 10.6 Å². The minimum atomic E-state index is -0.850. The second-order valence-corrected chi connectivity index (χ2v) is 6.79. The molecule has 1 aliphatic carbocycles. The molecule has 0 bridgehead atoms. The predicted molar refractivity (Wildman–Crippen MR) is 84.8 cm³/mol. The molecular formula is C17H19N3O4. The van der Waals surface area contributed by atoms with Crippen LogP contribution in [-0.4, -0.2) is 44.6 Å². The lowest BCUT2D eigenvalue weighted by molar-refractivity contribution is -0.142. The van der Waals surface area contributed by atoms with Crippen molar-refractivity contribution in [3.05, 3.63) is 23.0 Å². The molecule has 0 radical (unpaired) electrons. The van der Waals surface area contributed by atoms with Gasteiger partial charge in [0.2, 0.25) is 0 Å². The van der Waals surface area contributed by atoms with Crippen molar-refractivity contribution in [3.8, 4) is 0 Å². The van der Waals surface area contributed by atoms with Gasteiger partial charge in [0.1, 0.15) is 0 Å². The molecule has 1 saturated carbocycles. The molecular weight excluding hydrogens is 310 g/mol. The highest BCUT2D eigenvalue weighted by Gasteiger charge is 2.39. The van der Waals surface area contributed by atoms with Crippen LogP contribution in [0.4, 0.5) is 0 Å². The molecule has 7 nitrogen and oxygen atoms in total. The van der Waals surface area contributed by atoms with E-state index in [1.54, 1.807) is 18.7 Å². The highest BCUT2D eigenvalue weighted by atomic mass is 16.5. The molecule has 4 rings (SSSR count). The van der Waals surface area contributed by atoms with Crippen LogP contribution in [0.25, 0.3) is 11.1 Å². The number of carboxylic acid groups (broad SMARTS) is 1. The minimum absolute atomic E-state index is 0.160. The smallest absolute Gasteiger partial charge is 0.308 e. The maximum Gasteiger partial charge on any atom is 0.308 e. The maximum absolute atomic E-state index is 13.1. The molecule has 1 amide bonds. The van der Waals surface area contributed by atoms with Crippen LogP contribution in [0.1, 0.15) is 53.8 Å². The van der Waals surface area contributed by atoms with Gasteiger partial charge in [0.15, 0.2) is 0 Å². The normalized spacial score (nSPS) is 23.8. The van der Waals surface area contributed by atoms with Crippen molar-refractivity contribution in [2.75, 3.05) is 6.54 Å². The minimum Gasteiger partial charge on any atom is -0.481 e. The third kappa shape index (κ3) is 2.26. The average molecular weight is 329 g/mol. The highest BCUT2D eigenvalue weighted by Crippen LogP contribution is 2.41. The van der Waals surface area contributed by atoms with Crippen molar-refractivity contribution < 1.29 is 19.2 Å². The first-order chi connectivity index (χ1) is 11.5. The summed E-state index contributed by atoms with van der Waals surface area (Å²) < 4.78 is 5.28. The summed E-state index contributed by atoms with van der Waals surface area (Å²) in [6.07, 6.45) is 2.62. The fourth-order valence-corrected chi connectivity index (χ4v) is 3.58. The summed E-state index contributed by atoms with van der Waals surface area (Å²) in [5.74, 6) is -1.14. The molecule has 2 aromatic heterocycles. The van der Waals surface area contributed by atoms with Gasteiger partial charge >= 0.3 is 5.97 Å². The molecule has 2 fully saturated rings. The van der Waals surface area contributed by atoms with Crippen molar-refractivity contribution in [2.45, 2.75) is 45.1 Å². The van der Waals surface area contributed by atoms with Gasteiger partial charge in [-0.3, -0.25) is 9.59 Å². The summed E-state index contributed by atoms with van der Waals surface area (Å²) in [5.41, 5.74) is 2.41. The van der Waals surface area contributed by atoms with Gasteiger partial charge in [-0.05, 0) is 39.2 Å². The number of aryl methyl sites for hydroxylation is 1. The Morgan fingerprint density at radius 2 is 2.08 bits per heavy atom. The third-order valence-corrected chi connectivity index (χ3v) is 5.20. The zero-order valence-electron chi connectivity index (χ0n) is 13.7. The lowest BCUT2D eigenvalue weighted by Gasteiger charge is -2.23. The molecule has 126 valence electrons. The lowest BCUT2D eigenvalue weighted by Crippen LogP contribution is -2.37. The summed E-state index contributed by atoms with van der Waals surface area (Å²) in [6, 6.07) is 1.51. The maximum atomic E-state index is 13.1. The van der Waals surface area contributed by atoms with Gasteiger partial charge in [0.05, 0.1) is 22.6 Å². The van der Waals surface area contributed by atoms with Crippen LogP contribution < -0.4 is 0 Å². The molecule has 3 heterocycles. The summed E-state index contributed by atoms with van der Waals surface area (Å²) in [4.78, 5) is 30.6. The van der Waals surface area contributed by atoms with Crippen LogP contribution in [0.3, 0.4) is 0 Å². The number of amides is 1. The second-order valence-electron chi connectivity index (χ2n) is 6.79. The molecule has 0 aromatic carbocycles. The van der Waals surface area contributed by atoms with Crippen molar-refractivity contribution in [1.29, 1.82) is 0 Å². The Morgan fingerprint density at radius 3 is 2.71 bits per heavy atom. The molecule has 1 N–H and O–H groups in total. The molecule has 2 aromatic rings. The van der Waals surface area contributed by atoms with Crippen LogP contribution in [-0.2, 0) is 4.79 Å². The van der Waals surface area contributed by atoms with E-state index in [2.05, 4.69) is 10.1 Å². The largest absolute Gasteiger partial charge is 0.481 e. The van der Waals surface area contributed by atoms with E-state index in [1.165, 1.54) is 0 Å². The number of likely N-dealkylation sites (tertiary alicyclic amines) is 1. The number of aliphatic carboxylic acids is 1. The molecule has 1 saturated heterocycles. The van der Waals surface area contributed by atoms with E-state index in [0.717, 1.165) is 18.5 Å². The Bertz CT molecular complexity index is 840. The molecule has 2 unspecified atom stereocenters. The number of carbonyl (C=O) groups excluding carboxylic acids is 1. The summed E-state index contributed by atoms with van der Waals surface area (Å²) in [7, 11) is 0. The van der Waals surface area contributed by atoms with Crippen molar-refractivity contribution in [3.63, 3.8) is 0 Å². The van der Waals surface area contributed by atoms with Crippen molar-refractivity contribution >= 4 is 23.0 Å². The van der Waals surface area contributed by atoms with Gasteiger partial charge in [0, 0.05) is 24.2 Å². The topological polar surface area (TPSA) is 96.5 Å². The SMILES string of the molecule is Cc1noc2nc(C3CC3)cc(C(=O)N3CCC(C(=O)O)C3C)c12. The van der Waals surface area contributed by atoms with E-state index in [0.29, 0.717) is 41.2 Å². The quantitative estimate of drug-likeness (QED) is 0.928. The number of carboxylic acids is 1. The second kappa shape index (κ2) is 5.29. The Balaban J connectivity index is 1.76. The molecule has 0 spiro atoms. The van der Waals surface area contributed by atoms with Crippen LogP contribution >= 0.6 is 0 Å². The summed E-state index contributed by atoms with van der Waals surface area (Å²) >= 11 is 0. The zero-order chi connectivity index (χ0) is 17.0. The summed E-state index contributed by atoms with van der Waals surface area (Å²) in [5, 5.41) is 13.9. The van der Waals surface area contributed by atoms with E-state index in [1.807, 2.05) is 6.07 Å². The van der Waals surface area contributed by atoms with E-state index in [9.17, 15) is 14.7 Å². The molecule has 1 aliphatic heterocycles. The van der Waals surface area contributed by atoms with Gasteiger partial charge < -0.3 is 14.5 Å². The van der Waals surface area contributed by atoms with Crippen molar-refractivity contribution in [1.82, 2.24) is 15.0 Å². The molecule has 2 aliphatic rings. The van der Waals surface area contributed by atoms with Gasteiger partial charge in [0.25, 0.3) is 11.6 Å². The first kappa shape index (κ1) is 15.1. The zero-order valence-corrected chi connectivity index (χ0v) is 13.7. The molecule has 7 heteroatoms. The third-order valence-electron chi connectivity index (χ3n) is 5.20. The Hall–Kier alpha value is -2.44. The van der Waals surface area contributed by atoms with Crippen molar-refractivity contribution in [2.24, 2.45) is 5.92 Å². The monoisotopic (exact) mass is 329 g/mol. The average Bonchev–Trinajstić information content (AvgIpc) is 3.24. The number of nitrogens with zero attached hydrogens (tertiary/aromatic N) is 3. The number of aromatic nitrogens is 2. The first-order valence-corrected chi connectivity index (χ1v) is 8.28. The van der Waals surface area contributed by atoms with E-state index >= 15 is 0 Å². The number of hydrogen-bond acceptors (Lipinski definition) is 5. The number of carbonyl (C=O) groups is 2. The highest BCUT2D eigenvalue weighted by molar-refractivity contribution is 6.06. The molecule has 24 heavy (non-hydrogen) atoms. The lowest BCUT2D eigenvalue weighted by atomic mass is 10.0. The Labute approximate surface area is 138 Å². The summed E-state index contributed by atoms with van der Waals surface area (Å²) in [6.45, 7) is 4.03. The van der Waals surface area contributed by atoms with E-state index in [-0.39, 0.29) is 11.9 Å². The number of fused-ring (bicyclic) bond motifs is 1. The number of hydrogen-bond donors (Lipinski definition) is 1. The van der Waals surface area contributed by atoms with Crippen LogP contribution in [0.5, 0.6) is 0 Å². The standard InChI is InChI=1S/C17H19N3O4/c1-8-14-12(7-13(10-3-4-10)18-15(14)24-19-8)16(21)20-6-5-11(9(20)2)17(22)23/h7,9-11H,3-6H2,1-2H3,(H,22,23). The number of pyridine rings is 1. The molecule has 2 atom stereocenters. The fraction of sp³-hybridized carbons (Fsp3) is 0.529. The predicted octanol–water partition coefficient (Wildman–Crippen LogP) is 2.34. The van der Waals surface area contributed by atoms with Gasteiger partial charge in [-0.25, -0.2) is 4.98 Å². The number of rotatable bonds is 3. The fourth-order valence-electron chi connectivity index (χ4n) is 3.58. The van der Waals surface area contributed by atoms with Gasteiger partial charge in [-0.1, -0.05) is 5.16 Å². The van der Waals surface area contributed by atoms with Crippen LogP contribution in [0.2, 0.25) is 0 Å². The van der Waals surface area contributed by atoms with Gasteiger partial charge in [-0.2, -0.15) is 0 Å². The van der Waals surface area contributed by atoms with Gasteiger partial charge in [-0.15, -0.1) is 0 Å².